The fraction of sp³-hybridized carbons (Fsp3) is 0.200. The van der Waals surface area contributed by atoms with Crippen LogP contribution in [0.2, 0.25) is 5.02 Å². The number of cyclic esters (lactones) is 1. The van der Waals surface area contributed by atoms with Crippen molar-refractivity contribution in [1.29, 1.82) is 0 Å². The number of ether oxygens (including phenoxy) is 2. The average Bonchev–Trinajstić information content (AvgIpc) is 2.57. The zero-order chi connectivity index (χ0) is 11.7. The van der Waals surface area contributed by atoms with Crippen molar-refractivity contribution >= 4 is 23.6 Å². The number of halogens is 1. The Morgan fingerprint density at radius 2 is 2.18 bits per heavy atom. The first kappa shape index (κ1) is 14.3. The Hall–Kier alpha value is -0.750. The second kappa shape index (κ2) is 5.73. The Labute approximate surface area is 126 Å². The zero-order valence-corrected chi connectivity index (χ0v) is 12.1. The van der Waals surface area contributed by atoms with Gasteiger partial charge in [0, 0.05) is 10.6 Å². The molecule has 0 saturated carbocycles. The number of carbonyl (C=O) groups excluding carboxylic acids is 2. The minimum absolute atomic E-state index is 0. The predicted octanol–water partition coefficient (Wildman–Crippen LogP) is -1.23. The van der Waals surface area contributed by atoms with Crippen LogP contribution in [0.4, 0.5) is 4.79 Å². The van der Waals surface area contributed by atoms with Gasteiger partial charge in [-0.1, -0.05) is 11.6 Å². The van der Waals surface area contributed by atoms with Crippen LogP contribution >= 0.6 is 11.6 Å². The summed E-state index contributed by atoms with van der Waals surface area (Å²) in [6.45, 7) is 0. The van der Waals surface area contributed by atoms with E-state index in [1.807, 2.05) is 5.32 Å². The van der Waals surface area contributed by atoms with Crippen molar-refractivity contribution in [2.45, 2.75) is 6.10 Å². The molecule has 1 aromatic carbocycles. The summed E-state index contributed by atoms with van der Waals surface area (Å²) in [5, 5.41) is 2.47. The number of hydrogen-bond acceptors (Lipinski definition) is 4. The summed E-state index contributed by atoms with van der Waals surface area (Å²) in [4.78, 5) is 22.3. The van der Waals surface area contributed by atoms with Crippen molar-refractivity contribution in [3.63, 3.8) is 0 Å². The predicted molar refractivity (Wildman–Crippen MR) is 56.5 cm³/mol. The molecule has 0 radical (unpaired) electrons. The van der Waals surface area contributed by atoms with Crippen LogP contribution in [0, 0.1) is 0 Å². The van der Waals surface area contributed by atoms with Gasteiger partial charge in [0.25, 0.3) is 5.91 Å². The van der Waals surface area contributed by atoms with Crippen LogP contribution < -0.4 is 39.6 Å². The number of imide groups is 1. The van der Waals surface area contributed by atoms with E-state index in [1.165, 1.54) is 13.2 Å². The van der Waals surface area contributed by atoms with E-state index in [1.54, 1.807) is 12.1 Å². The first-order valence-electron chi connectivity index (χ1n) is 4.46. The van der Waals surface area contributed by atoms with Gasteiger partial charge in [-0.3, -0.25) is 10.1 Å². The van der Waals surface area contributed by atoms with Gasteiger partial charge in [-0.15, -0.1) is 0 Å². The largest absolute Gasteiger partial charge is 1.00 e. The van der Waals surface area contributed by atoms with Gasteiger partial charge in [-0.2, -0.15) is 0 Å². The van der Waals surface area contributed by atoms with Gasteiger partial charge in [0.1, 0.15) is 5.75 Å². The maximum absolute atomic E-state index is 11.4. The van der Waals surface area contributed by atoms with E-state index in [-0.39, 0.29) is 31.0 Å². The van der Waals surface area contributed by atoms with Gasteiger partial charge in [-0.05, 0) is 18.2 Å². The van der Waals surface area contributed by atoms with Crippen molar-refractivity contribution < 1.29 is 50.0 Å². The first-order chi connectivity index (χ1) is 7.61. The van der Waals surface area contributed by atoms with Crippen LogP contribution in [-0.4, -0.2) is 19.1 Å². The Morgan fingerprint density at radius 1 is 1.47 bits per heavy atom. The molecule has 0 aliphatic carbocycles. The summed E-state index contributed by atoms with van der Waals surface area (Å²) in [5.74, 6) is -0.0789. The second-order valence-electron chi connectivity index (χ2n) is 3.16. The van der Waals surface area contributed by atoms with E-state index in [0.29, 0.717) is 16.3 Å². The molecule has 0 aromatic heterocycles. The van der Waals surface area contributed by atoms with Crippen molar-refractivity contribution in [3.8, 4) is 5.75 Å². The molecule has 1 saturated heterocycles. The number of amides is 2. The van der Waals surface area contributed by atoms with Crippen molar-refractivity contribution in [3.05, 3.63) is 28.8 Å². The molecule has 17 heavy (non-hydrogen) atoms. The minimum atomic E-state index is -0.999. The Morgan fingerprint density at radius 3 is 2.71 bits per heavy atom. The summed E-state index contributed by atoms with van der Waals surface area (Å²) in [7, 11) is 1.46. The summed E-state index contributed by atoms with van der Waals surface area (Å²) >= 11 is 5.81. The number of hydrogen-bond donors (Lipinski definition) is 1. The molecular weight excluding hydrogens is 257 g/mol. The van der Waals surface area contributed by atoms with Crippen molar-refractivity contribution in [1.82, 2.24) is 5.32 Å². The molecule has 0 spiro atoms. The second-order valence-corrected chi connectivity index (χ2v) is 3.60. The molecule has 1 aliphatic heterocycles. The quantitative estimate of drug-likeness (QED) is 0.681. The standard InChI is InChI=1S/C10H8ClNO4.Na.H/c1-15-7-3-2-5(11)4-6(7)8-9(13)12-10(14)16-8;;/h2-4,8H,1H3,(H,12,13,14);;/q;+1;-1. The van der Waals surface area contributed by atoms with Crippen LogP contribution in [0.1, 0.15) is 13.1 Å². The maximum atomic E-state index is 11.4. The molecule has 1 aliphatic rings. The number of methoxy groups -OCH3 is 1. The van der Waals surface area contributed by atoms with Crippen LogP contribution in [0.15, 0.2) is 18.2 Å². The topological polar surface area (TPSA) is 64.6 Å². The van der Waals surface area contributed by atoms with Crippen LogP contribution in [-0.2, 0) is 9.53 Å². The first-order valence-corrected chi connectivity index (χ1v) is 4.84. The summed E-state index contributed by atoms with van der Waals surface area (Å²) in [6, 6.07) is 4.76. The van der Waals surface area contributed by atoms with Crippen LogP contribution in [0.3, 0.4) is 0 Å². The van der Waals surface area contributed by atoms with E-state index >= 15 is 0 Å². The van der Waals surface area contributed by atoms with Gasteiger partial charge < -0.3 is 10.9 Å². The number of nitrogens with one attached hydrogen (secondary N) is 1. The third-order valence-electron chi connectivity index (χ3n) is 2.16. The number of benzene rings is 1. The fourth-order valence-corrected chi connectivity index (χ4v) is 1.65. The van der Waals surface area contributed by atoms with Gasteiger partial charge in [0.2, 0.25) is 6.10 Å². The summed E-state index contributed by atoms with van der Waals surface area (Å²) in [6.07, 6.45) is -1.77. The normalized spacial score (nSPS) is 18.1. The van der Waals surface area contributed by atoms with Gasteiger partial charge in [0.05, 0.1) is 7.11 Å². The molecule has 7 heteroatoms. The fourth-order valence-electron chi connectivity index (χ4n) is 1.47. The molecule has 1 N–H and O–H groups in total. The number of rotatable bonds is 2. The monoisotopic (exact) mass is 265 g/mol. The number of alkyl carbamates (subject to hydrolysis) is 1. The van der Waals surface area contributed by atoms with E-state index in [2.05, 4.69) is 0 Å². The molecule has 2 rings (SSSR count). The minimum Gasteiger partial charge on any atom is -1.00 e. The average molecular weight is 266 g/mol. The Kier molecular flexibility index (Phi) is 4.82. The zero-order valence-electron chi connectivity index (χ0n) is 10.3. The molecular formula is C10H9ClNNaO4. The SMILES string of the molecule is COc1ccc(Cl)cc1C1OC(=O)NC1=O.[H-].[Na+]. The molecule has 1 fully saturated rings. The molecule has 86 valence electrons. The third-order valence-corrected chi connectivity index (χ3v) is 2.40. The molecule has 1 unspecified atom stereocenters. The molecule has 1 atom stereocenters. The van der Waals surface area contributed by atoms with E-state index in [0.717, 1.165) is 0 Å². The van der Waals surface area contributed by atoms with Gasteiger partial charge in [0.15, 0.2) is 0 Å². The summed E-state index contributed by atoms with van der Waals surface area (Å²) < 4.78 is 9.89. The van der Waals surface area contributed by atoms with Crippen molar-refractivity contribution in [2.24, 2.45) is 0 Å². The smallest absolute Gasteiger partial charge is 1.00 e. The molecule has 5 nitrogen and oxygen atoms in total. The molecule has 1 aromatic rings. The maximum Gasteiger partial charge on any atom is 1.00 e. The van der Waals surface area contributed by atoms with Crippen molar-refractivity contribution in [2.75, 3.05) is 7.11 Å². The van der Waals surface area contributed by atoms with Crippen LogP contribution in [0.25, 0.3) is 0 Å². The Balaban J connectivity index is 0.00000144. The third kappa shape index (κ3) is 2.93. The molecule has 1 heterocycles. The van der Waals surface area contributed by atoms with E-state index in [9.17, 15) is 9.59 Å². The van der Waals surface area contributed by atoms with E-state index in [4.69, 9.17) is 21.1 Å². The number of carbonyl (C=O) groups is 2. The van der Waals surface area contributed by atoms with Gasteiger partial charge in [-0.25, -0.2) is 4.79 Å². The molecule has 0 bridgehead atoms. The van der Waals surface area contributed by atoms with Gasteiger partial charge >= 0.3 is 35.7 Å². The molecule has 2 amide bonds. The Bertz CT molecular complexity index is 471. The van der Waals surface area contributed by atoms with Crippen LogP contribution in [0.5, 0.6) is 5.75 Å². The van der Waals surface area contributed by atoms with E-state index < -0.39 is 18.1 Å². The summed E-state index contributed by atoms with van der Waals surface area (Å²) in [5.41, 5.74) is 0.429.